The van der Waals surface area contributed by atoms with Gasteiger partial charge in [0.2, 0.25) is 5.91 Å². The number of amides is 1. The van der Waals surface area contributed by atoms with Gasteiger partial charge in [-0.3, -0.25) is 9.69 Å². The van der Waals surface area contributed by atoms with Crippen molar-refractivity contribution < 1.29 is 13.9 Å². The molecule has 4 nitrogen and oxygen atoms in total. The highest BCUT2D eigenvalue weighted by Gasteiger charge is 2.42. The van der Waals surface area contributed by atoms with E-state index in [-0.39, 0.29) is 11.7 Å². The third kappa shape index (κ3) is 5.15. The smallest absolute Gasteiger partial charge is 0.235 e. The third-order valence-corrected chi connectivity index (χ3v) is 7.23. The Labute approximate surface area is 191 Å². The van der Waals surface area contributed by atoms with Crippen LogP contribution in [0.5, 0.6) is 5.75 Å². The maximum Gasteiger partial charge on any atom is 0.235 e. The number of ether oxygens (including phenoxy) is 1. The highest BCUT2D eigenvalue weighted by Crippen LogP contribution is 2.41. The second-order valence-corrected chi connectivity index (χ2v) is 9.33. The van der Waals surface area contributed by atoms with Crippen molar-refractivity contribution in [1.82, 2.24) is 4.90 Å². The summed E-state index contributed by atoms with van der Waals surface area (Å²) >= 11 is 0. The van der Waals surface area contributed by atoms with Crippen molar-refractivity contribution in [1.29, 1.82) is 0 Å². The molecule has 2 aromatic rings. The lowest BCUT2D eigenvalue weighted by molar-refractivity contribution is -0.122. The molecule has 1 saturated carbocycles. The number of rotatable bonds is 7. The summed E-state index contributed by atoms with van der Waals surface area (Å²) in [7, 11) is 0. The summed E-state index contributed by atoms with van der Waals surface area (Å²) in [6.07, 6.45) is 8.17. The average molecular weight is 439 g/mol. The molecule has 1 amide bonds. The predicted octanol–water partition coefficient (Wildman–Crippen LogP) is 5.92. The molecule has 1 unspecified atom stereocenters. The first-order chi connectivity index (χ1) is 15.6. The van der Waals surface area contributed by atoms with Crippen molar-refractivity contribution in [3.63, 3.8) is 0 Å². The first-order valence-electron chi connectivity index (χ1n) is 12.1. The van der Waals surface area contributed by atoms with Crippen LogP contribution in [-0.4, -0.2) is 36.5 Å². The van der Waals surface area contributed by atoms with Gasteiger partial charge in [-0.15, -0.1) is 0 Å². The van der Waals surface area contributed by atoms with Crippen molar-refractivity contribution >= 4 is 11.6 Å². The Bertz CT molecular complexity index is 893. The minimum absolute atomic E-state index is 0.116. The molecule has 172 valence electrons. The van der Waals surface area contributed by atoms with E-state index in [9.17, 15) is 9.18 Å². The SMILES string of the molecule is CC1CCCCN1CCOc1ccc(NC(=O)C2(c3ccccc3F)CCCCC2)cc1. The molecule has 2 aromatic carbocycles. The zero-order valence-corrected chi connectivity index (χ0v) is 19.1. The van der Waals surface area contributed by atoms with Crippen LogP contribution in [0, 0.1) is 5.82 Å². The second-order valence-electron chi connectivity index (χ2n) is 9.33. The number of carbonyl (C=O) groups excluding carboxylic acids is 1. The number of nitrogens with zero attached hydrogens (tertiary/aromatic N) is 1. The standard InChI is InChI=1S/C27H35FN2O2/c1-21-9-5-8-18-30(21)19-20-32-23-14-12-22(13-15-23)29-26(31)27(16-6-2-7-17-27)24-10-3-4-11-25(24)28/h3-4,10-15,21H,2,5-9,16-20H2,1H3,(H,29,31). The van der Waals surface area contributed by atoms with Gasteiger partial charge in [-0.1, -0.05) is 43.9 Å². The summed E-state index contributed by atoms with van der Waals surface area (Å²) in [6, 6.07) is 14.9. The number of benzene rings is 2. The molecule has 0 radical (unpaired) electrons. The van der Waals surface area contributed by atoms with Gasteiger partial charge in [0.25, 0.3) is 0 Å². The van der Waals surface area contributed by atoms with Crippen molar-refractivity contribution in [2.24, 2.45) is 0 Å². The van der Waals surface area contributed by atoms with E-state index in [2.05, 4.69) is 17.1 Å². The highest BCUT2D eigenvalue weighted by molar-refractivity contribution is 5.99. The van der Waals surface area contributed by atoms with Crippen LogP contribution in [0.4, 0.5) is 10.1 Å². The van der Waals surface area contributed by atoms with Gasteiger partial charge >= 0.3 is 0 Å². The molecule has 4 rings (SSSR count). The van der Waals surface area contributed by atoms with Crippen LogP contribution in [0.2, 0.25) is 0 Å². The molecule has 1 aliphatic heterocycles. The van der Waals surface area contributed by atoms with Gasteiger partial charge in [0, 0.05) is 23.8 Å². The van der Waals surface area contributed by atoms with Gasteiger partial charge in [0.1, 0.15) is 18.2 Å². The molecule has 32 heavy (non-hydrogen) atoms. The summed E-state index contributed by atoms with van der Waals surface area (Å²) in [5.74, 6) is 0.389. The Morgan fingerprint density at radius 1 is 1.06 bits per heavy atom. The van der Waals surface area contributed by atoms with E-state index in [1.807, 2.05) is 30.3 Å². The monoisotopic (exact) mass is 438 g/mol. The van der Waals surface area contributed by atoms with Gasteiger partial charge in [-0.2, -0.15) is 0 Å². The molecule has 2 fully saturated rings. The number of piperidine rings is 1. The molecule has 1 saturated heterocycles. The normalized spacial score (nSPS) is 21.1. The third-order valence-electron chi connectivity index (χ3n) is 7.23. The number of hydrogen-bond acceptors (Lipinski definition) is 3. The van der Waals surface area contributed by atoms with Crippen LogP contribution in [-0.2, 0) is 10.2 Å². The average Bonchev–Trinajstić information content (AvgIpc) is 2.82. The van der Waals surface area contributed by atoms with Crippen molar-refractivity contribution in [3.05, 3.63) is 59.9 Å². The van der Waals surface area contributed by atoms with Gasteiger partial charge in [-0.05, 0) is 69.5 Å². The van der Waals surface area contributed by atoms with Gasteiger partial charge in [0.15, 0.2) is 0 Å². The van der Waals surface area contributed by atoms with Gasteiger partial charge in [0.05, 0.1) is 5.41 Å². The lowest BCUT2D eigenvalue weighted by Gasteiger charge is -2.36. The molecule has 0 bridgehead atoms. The second kappa shape index (κ2) is 10.5. The number of hydrogen-bond donors (Lipinski definition) is 1. The number of anilines is 1. The van der Waals surface area contributed by atoms with Crippen molar-refractivity contribution in [3.8, 4) is 5.75 Å². The Morgan fingerprint density at radius 3 is 2.53 bits per heavy atom. The van der Waals surface area contributed by atoms with E-state index >= 15 is 0 Å². The predicted molar refractivity (Wildman–Crippen MR) is 127 cm³/mol. The highest BCUT2D eigenvalue weighted by atomic mass is 19.1. The van der Waals surface area contributed by atoms with Gasteiger partial charge in [-0.25, -0.2) is 4.39 Å². The molecular formula is C27H35FN2O2. The molecule has 1 atom stereocenters. The van der Waals surface area contributed by atoms with E-state index in [1.165, 1.54) is 25.3 Å². The molecule has 1 aliphatic carbocycles. The molecule has 5 heteroatoms. The van der Waals surface area contributed by atoms with Crippen LogP contribution < -0.4 is 10.1 Å². The summed E-state index contributed by atoms with van der Waals surface area (Å²) in [6.45, 7) is 5.04. The zero-order valence-electron chi connectivity index (χ0n) is 19.1. The molecule has 0 spiro atoms. The largest absolute Gasteiger partial charge is 0.492 e. The Balaban J connectivity index is 1.37. The van der Waals surface area contributed by atoms with E-state index in [0.29, 0.717) is 36.7 Å². The molecule has 1 N–H and O–H groups in total. The summed E-state index contributed by atoms with van der Waals surface area (Å²) in [5.41, 5.74) is 0.432. The fourth-order valence-electron chi connectivity index (χ4n) is 5.28. The van der Waals surface area contributed by atoms with Crippen LogP contribution in [0.15, 0.2) is 48.5 Å². The number of carbonyl (C=O) groups is 1. The molecule has 2 aliphatic rings. The van der Waals surface area contributed by atoms with Crippen LogP contribution in [0.25, 0.3) is 0 Å². The first-order valence-corrected chi connectivity index (χ1v) is 12.1. The number of likely N-dealkylation sites (tertiary alicyclic amines) is 1. The number of nitrogens with one attached hydrogen (secondary N) is 1. The Hall–Kier alpha value is -2.40. The maximum absolute atomic E-state index is 14.6. The van der Waals surface area contributed by atoms with Crippen LogP contribution in [0.3, 0.4) is 0 Å². The minimum atomic E-state index is -0.802. The summed E-state index contributed by atoms with van der Waals surface area (Å²) in [5, 5.41) is 3.05. The Morgan fingerprint density at radius 2 is 1.81 bits per heavy atom. The molecule has 0 aromatic heterocycles. The van der Waals surface area contributed by atoms with Crippen LogP contribution in [0.1, 0.15) is 63.9 Å². The van der Waals surface area contributed by atoms with E-state index in [0.717, 1.165) is 38.1 Å². The first kappa shape index (κ1) is 22.8. The summed E-state index contributed by atoms with van der Waals surface area (Å²) < 4.78 is 20.6. The zero-order chi connectivity index (χ0) is 22.4. The van der Waals surface area contributed by atoms with Gasteiger partial charge < -0.3 is 10.1 Å². The topological polar surface area (TPSA) is 41.6 Å². The van der Waals surface area contributed by atoms with E-state index in [4.69, 9.17) is 4.74 Å². The molecule has 1 heterocycles. The lowest BCUT2D eigenvalue weighted by atomic mass is 9.68. The fourth-order valence-corrected chi connectivity index (χ4v) is 5.28. The summed E-state index contributed by atoms with van der Waals surface area (Å²) in [4.78, 5) is 15.9. The maximum atomic E-state index is 14.6. The van der Waals surface area contributed by atoms with Crippen molar-refractivity contribution in [2.45, 2.75) is 69.7 Å². The number of halogens is 1. The van der Waals surface area contributed by atoms with E-state index < -0.39 is 5.41 Å². The lowest BCUT2D eigenvalue weighted by Crippen LogP contribution is -2.42. The quantitative estimate of drug-likeness (QED) is 0.583. The minimum Gasteiger partial charge on any atom is -0.492 e. The van der Waals surface area contributed by atoms with Crippen LogP contribution >= 0.6 is 0 Å². The van der Waals surface area contributed by atoms with E-state index in [1.54, 1.807) is 12.1 Å². The Kier molecular flexibility index (Phi) is 7.46. The van der Waals surface area contributed by atoms with Crippen molar-refractivity contribution in [2.75, 3.05) is 25.0 Å². The fraction of sp³-hybridized carbons (Fsp3) is 0.519. The molecular weight excluding hydrogens is 403 g/mol.